The van der Waals surface area contributed by atoms with Crippen LogP contribution in [-0.4, -0.2) is 20.5 Å². The van der Waals surface area contributed by atoms with Crippen LogP contribution >= 0.6 is 0 Å². The molecule has 0 saturated heterocycles. The Kier molecular flexibility index (Phi) is 3.95. The summed E-state index contributed by atoms with van der Waals surface area (Å²) in [6.07, 6.45) is 0. The number of benzene rings is 1. The summed E-state index contributed by atoms with van der Waals surface area (Å²) in [6.45, 7) is 10.3. The average molecular weight is 272 g/mol. The summed E-state index contributed by atoms with van der Waals surface area (Å²) in [7, 11) is -0.720. The number of methoxy groups -OCH3 is 1. The van der Waals surface area contributed by atoms with Crippen molar-refractivity contribution in [1.29, 1.82) is 0 Å². The Bertz CT molecular complexity index is 439. The Labute approximate surface area is 109 Å². The van der Waals surface area contributed by atoms with E-state index in [2.05, 4.69) is 20.8 Å². The fourth-order valence-electron chi connectivity index (χ4n) is 1.21. The van der Waals surface area contributed by atoms with Gasteiger partial charge in [-0.15, -0.1) is 0 Å². The largest absolute Gasteiger partial charge is 0.539 e. The molecule has 0 saturated carbocycles. The van der Waals surface area contributed by atoms with Gasteiger partial charge in [0.2, 0.25) is 0 Å². The van der Waals surface area contributed by atoms with Crippen molar-refractivity contribution in [3.63, 3.8) is 0 Å². The molecule has 0 aliphatic carbocycles. The summed E-state index contributed by atoms with van der Waals surface area (Å²) >= 11 is 0. The zero-order valence-corrected chi connectivity index (χ0v) is 12.8. The highest BCUT2D eigenvalue weighted by atomic mass is 28.4. The Balaban J connectivity index is 3.19. The molecule has 0 amide bonds. The first kappa shape index (κ1) is 14.8. The second kappa shape index (κ2) is 4.80. The van der Waals surface area contributed by atoms with Gasteiger partial charge in [0.05, 0.1) is 7.11 Å². The van der Waals surface area contributed by atoms with E-state index in [1.807, 2.05) is 13.1 Å². The minimum absolute atomic E-state index is 0.0393. The van der Waals surface area contributed by atoms with Gasteiger partial charge in [0.1, 0.15) is 5.75 Å². The minimum atomic E-state index is -2.14. The zero-order chi connectivity index (χ0) is 14.1. The van der Waals surface area contributed by atoms with Crippen molar-refractivity contribution in [1.82, 2.24) is 0 Å². The van der Waals surface area contributed by atoms with Crippen molar-refractivity contribution in [3.8, 4) is 17.2 Å². The van der Waals surface area contributed by atoms with Crippen LogP contribution in [0.25, 0.3) is 0 Å². The molecule has 18 heavy (non-hydrogen) atoms. The van der Waals surface area contributed by atoms with Crippen molar-refractivity contribution in [3.05, 3.63) is 17.9 Å². The first-order valence-corrected chi connectivity index (χ1v) is 8.75. The molecule has 0 aliphatic heterocycles. The summed E-state index contributed by atoms with van der Waals surface area (Å²) in [6, 6.07) is 2.39. The first-order chi connectivity index (χ1) is 8.08. The maximum absolute atomic E-state index is 13.9. The molecule has 5 heteroatoms. The average Bonchev–Trinajstić information content (AvgIpc) is 2.19. The van der Waals surface area contributed by atoms with Crippen molar-refractivity contribution >= 4 is 8.32 Å². The standard InChI is InChI=1S/C13H21FO3Si/c1-13(2,3)18(5,6)17-12-10(14)7-9(15)8-11(12)16-4/h7-8,15H,1-6H3. The molecule has 0 fully saturated rings. The molecule has 1 aromatic rings. The normalized spacial score (nSPS) is 12.4. The molecule has 0 radical (unpaired) electrons. The molecular formula is C13H21FO3Si. The molecule has 0 aromatic heterocycles. The monoisotopic (exact) mass is 272 g/mol. The van der Waals surface area contributed by atoms with Crippen LogP contribution in [0, 0.1) is 5.82 Å². The maximum Gasteiger partial charge on any atom is 0.250 e. The fraction of sp³-hybridized carbons (Fsp3) is 0.538. The Hall–Kier alpha value is -1.23. The summed E-state index contributed by atoms with van der Waals surface area (Å²) in [5.41, 5.74) is 0. The second-order valence-corrected chi connectivity index (χ2v) is 10.5. The van der Waals surface area contributed by atoms with E-state index in [-0.39, 0.29) is 22.3 Å². The smallest absolute Gasteiger partial charge is 0.250 e. The van der Waals surface area contributed by atoms with Gasteiger partial charge in [0, 0.05) is 12.1 Å². The Morgan fingerprint density at radius 3 is 2.22 bits per heavy atom. The topological polar surface area (TPSA) is 38.7 Å². The predicted octanol–water partition coefficient (Wildman–Crippen LogP) is 3.92. The zero-order valence-electron chi connectivity index (χ0n) is 11.8. The number of rotatable bonds is 3. The lowest BCUT2D eigenvalue weighted by Crippen LogP contribution is -2.44. The van der Waals surface area contributed by atoms with Gasteiger partial charge >= 0.3 is 0 Å². The SMILES string of the molecule is COc1cc(O)cc(F)c1O[Si](C)(C)C(C)(C)C. The quantitative estimate of drug-likeness (QED) is 0.847. The van der Waals surface area contributed by atoms with Crippen molar-refractivity contribution in [2.24, 2.45) is 0 Å². The summed E-state index contributed by atoms with van der Waals surface area (Å²) in [5, 5.41) is 9.30. The van der Waals surface area contributed by atoms with Crippen LogP contribution in [0.2, 0.25) is 18.1 Å². The lowest BCUT2D eigenvalue weighted by molar-refractivity contribution is 0.366. The molecule has 102 valence electrons. The fourth-order valence-corrected chi connectivity index (χ4v) is 2.23. The third-order valence-electron chi connectivity index (χ3n) is 3.38. The van der Waals surface area contributed by atoms with E-state index in [0.717, 1.165) is 6.07 Å². The van der Waals surface area contributed by atoms with Gasteiger partial charge in [-0.2, -0.15) is 0 Å². The van der Waals surface area contributed by atoms with Crippen LogP contribution in [0.1, 0.15) is 20.8 Å². The number of phenolic OH excluding ortho intramolecular Hbond substituents is 1. The molecule has 3 nitrogen and oxygen atoms in total. The van der Waals surface area contributed by atoms with E-state index in [0.29, 0.717) is 0 Å². The molecule has 1 rings (SSSR count). The number of hydrogen-bond donors (Lipinski definition) is 1. The van der Waals surface area contributed by atoms with E-state index in [4.69, 9.17) is 9.16 Å². The molecule has 1 aromatic carbocycles. The lowest BCUT2D eigenvalue weighted by atomic mass is 10.2. The number of phenols is 1. The Morgan fingerprint density at radius 2 is 1.78 bits per heavy atom. The second-order valence-electron chi connectivity index (χ2n) is 5.82. The lowest BCUT2D eigenvalue weighted by Gasteiger charge is -2.36. The maximum atomic E-state index is 13.9. The van der Waals surface area contributed by atoms with Gasteiger partial charge in [-0.25, -0.2) is 4.39 Å². The van der Waals surface area contributed by atoms with E-state index in [1.165, 1.54) is 13.2 Å². The molecular weight excluding hydrogens is 251 g/mol. The minimum Gasteiger partial charge on any atom is -0.539 e. The number of ether oxygens (including phenoxy) is 1. The number of hydrogen-bond acceptors (Lipinski definition) is 3. The molecule has 0 aliphatic rings. The highest BCUT2D eigenvalue weighted by molar-refractivity contribution is 6.74. The molecule has 1 N–H and O–H groups in total. The number of halogens is 1. The highest BCUT2D eigenvalue weighted by Gasteiger charge is 2.40. The van der Waals surface area contributed by atoms with Gasteiger partial charge in [-0.3, -0.25) is 0 Å². The van der Waals surface area contributed by atoms with Gasteiger partial charge in [-0.1, -0.05) is 20.8 Å². The molecule has 0 atom stereocenters. The summed E-state index contributed by atoms with van der Waals surface area (Å²) < 4.78 is 24.8. The van der Waals surface area contributed by atoms with Crippen molar-refractivity contribution in [2.75, 3.05) is 7.11 Å². The third-order valence-corrected chi connectivity index (χ3v) is 7.70. The molecule has 0 unspecified atom stereocenters. The van der Waals surface area contributed by atoms with Gasteiger partial charge < -0.3 is 14.3 Å². The number of aromatic hydroxyl groups is 1. The van der Waals surface area contributed by atoms with Crippen molar-refractivity contribution < 1.29 is 18.7 Å². The van der Waals surface area contributed by atoms with Crippen LogP contribution in [0.4, 0.5) is 4.39 Å². The Morgan fingerprint density at radius 1 is 1.22 bits per heavy atom. The van der Waals surface area contributed by atoms with Crippen LogP contribution in [0.15, 0.2) is 12.1 Å². The summed E-state index contributed by atoms with van der Waals surface area (Å²) in [5.74, 6) is -0.470. The van der Waals surface area contributed by atoms with Crippen LogP contribution < -0.4 is 9.16 Å². The van der Waals surface area contributed by atoms with E-state index < -0.39 is 14.1 Å². The molecule has 0 heterocycles. The summed E-state index contributed by atoms with van der Waals surface area (Å²) in [4.78, 5) is 0. The third kappa shape index (κ3) is 2.96. The van der Waals surface area contributed by atoms with E-state index >= 15 is 0 Å². The van der Waals surface area contributed by atoms with Gasteiger partial charge in [0.15, 0.2) is 17.3 Å². The van der Waals surface area contributed by atoms with Crippen LogP contribution in [0.5, 0.6) is 17.2 Å². The van der Waals surface area contributed by atoms with Gasteiger partial charge in [-0.05, 0) is 18.1 Å². The van der Waals surface area contributed by atoms with Crippen molar-refractivity contribution in [2.45, 2.75) is 38.9 Å². The van der Waals surface area contributed by atoms with Crippen LogP contribution in [-0.2, 0) is 0 Å². The first-order valence-electron chi connectivity index (χ1n) is 5.84. The predicted molar refractivity (Wildman–Crippen MR) is 72.4 cm³/mol. The van der Waals surface area contributed by atoms with Crippen LogP contribution in [0.3, 0.4) is 0 Å². The van der Waals surface area contributed by atoms with E-state index in [9.17, 15) is 9.50 Å². The highest BCUT2D eigenvalue weighted by Crippen LogP contribution is 2.42. The molecule has 0 spiro atoms. The van der Waals surface area contributed by atoms with E-state index in [1.54, 1.807) is 0 Å². The van der Waals surface area contributed by atoms with Gasteiger partial charge in [0.25, 0.3) is 8.32 Å². The molecule has 0 bridgehead atoms.